The van der Waals surface area contributed by atoms with E-state index < -0.39 is 0 Å². The molecule has 3 heteroatoms. The summed E-state index contributed by atoms with van der Waals surface area (Å²) in [6.07, 6.45) is 4.73. The van der Waals surface area contributed by atoms with E-state index in [2.05, 4.69) is 11.2 Å². The average Bonchev–Trinajstić information content (AvgIpc) is 2.33. The van der Waals surface area contributed by atoms with Gasteiger partial charge < -0.3 is 0 Å². The van der Waals surface area contributed by atoms with Gasteiger partial charge in [0, 0.05) is 21.1 Å². The SMILES string of the molecule is [c]1nccc2c1SCS2. The Kier molecular flexibility index (Phi) is 1.39. The van der Waals surface area contributed by atoms with Crippen LogP contribution in [0.2, 0.25) is 0 Å². The Morgan fingerprint density at radius 3 is 3.44 bits per heavy atom. The van der Waals surface area contributed by atoms with E-state index in [1.54, 1.807) is 6.20 Å². The Balaban J connectivity index is 2.54. The second-order valence-electron chi connectivity index (χ2n) is 1.66. The molecule has 0 atom stereocenters. The minimum atomic E-state index is 1.12. The zero-order chi connectivity index (χ0) is 6.10. The van der Waals surface area contributed by atoms with Gasteiger partial charge in [-0.25, -0.2) is 0 Å². The highest BCUT2D eigenvalue weighted by molar-refractivity contribution is 8.18. The zero-order valence-electron chi connectivity index (χ0n) is 4.63. The Bertz CT molecular complexity index is 201. The summed E-state index contributed by atoms with van der Waals surface area (Å²) in [7, 11) is 0. The van der Waals surface area contributed by atoms with Crippen LogP contribution in [0.5, 0.6) is 0 Å². The number of hydrogen-bond donors (Lipinski definition) is 0. The Morgan fingerprint density at radius 1 is 1.56 bits per heavy atom. The maximum atomic E-state index is 3.90. The highest BCUT2D eigenvalue weighted by Crippen LogP contribution is 2.40. The molecule has 1 aliphatic rings. The molecule has 1 aromatic heterocycles. The molecular formula is C6H4NS2. The molecule has 0 aliphatic carbocycles. The summed E-state index contributed by atoms with van der Waals surface area (Å²) in [5.74, 6) is 0. The summed E-state index contributed by atoms with van der Waals surface area (Å²) in [6, 6.07) is 2.04. The molecule has 1 aliphatic heterocycles. The first-order valence-corrected chi connectivity index (χ1v) is 4.56. The monoisotopic (exact) mass is 154 g/mol. The summed E-state index contributed by atoms with van der Waals surface area (Å²) >= 11 is 3.67. The Labute approximate surface area is 62.3 Å². The minimum absolute atomic E-state index is 1.12. The number of thioether (sulfide) groups is 2. The summed E-state index contributed by atoms with van der Waals surface area (Å²) in [5, 5.41) is 1.12. The van der Waals surface area contributed by atoms with Crippen molar-refractivity contribution < 1.29 is 0 Å². The van der Waals surface area contributed by atoms with Crippen molar-refractivity contribution in [2.24, 2.45) is 0 Å². The first kappa shape index (κ1) is 5.62. The van der Waals surface area contributed by atoms with Gasteiger partial charge in [0.15, 0.2) is 0 Å². The van der Waals surface area contributed by atoms with Crippen LogP contribution in [-0.4, -0.2) is 10.1 Å². The van der Waals surface area contributed by atoms with Crippen LogP contribution in [0, 0.1) is 6.20 Å². The number of pyridine rings is 1. The van der Waals surface area contributed by atoms with Gasteiger partial charge in [0.2, 0.25) is 0 Å². The summed E-state index contributed by atoms with van der Waals surface area (Å²) < 4.78 is 0. The first-order valence-electron chi connectivity index (χ1n) is 2.59. The zero-order valence-corrected chi connectivity index (χ0v) is 6.26. The highest BCUT2D eigenvalue weighted by Gasteiger charge is 2.10. The van der Waals surface area contributed by atoms with Crippen molar-refractivity contribution in [1.29, 1.82) is 0 Å². The van der Waals surface area contributed by atoms with Gasteiger partial charge in [0.05, 0.1) is 0 Å². The molecule has 0 fully saturated rings. The van der Waals surface area contributed by atoms with Crippen LogP contribution in [0.25, 0.3) is 0 Å². The van der Waals surface area contributed by atoms with Crippen LogP contribution in [0.1, 0.15) is 0 Å². The first-order chi connectivity index (χ1) is 4.47. The maximum Gasteiger partial charge on any atom is 0.104 e. The molecule has 45 valence electrons. The van der Waals surface area contributed by atoms with Crippen molar-refractivity contribution in [3.8, 4) is 0 Å². The van der Waals surface area contributed by atoms with Crippen LogP contribution in [-0.2, 0) is 0 Å². The van der Waals surface area contributed by atoms with Crippen LogP contribution < -0.4 is 0 Å². The van der Waals surface area contributed by atoms with Crippen LogP contribution >= 0.6 is 23.5 Å². The van der Waals surface area contributed by atoms with E-state index in [-0.39, 0.29) is 0 Å². The van der Waals surface area contributed by atoms with Crippen LogP contribution in [0.4, 0.5) is 0 Å². The molecule has 1 radical (unpaired) electrons. The maximum absolute atomic E-state index is 3.90. The lowest BCUT2D eigenvalue weighted by Crippen LogP contribution is -1.72. The fourth-order valence-corrected chi connectivity index (χ4v) is 2.93. The Morgan fingerprint density at radius 2 is 2.56 bits per heavy atom. The van der Waals surface area contributed by atoms with Crippen LogP contribution in [0.15, 0.2) is 22.1 Å². The highest BCUT2D eigenvalue weighted by atomic mass is 32.2. The summed E-state index contributed by atoms with van der Waals surface area (Å²) in [6.45, 7) is 0. The number of hydrogen-bond acceptors (Lipinski definition) is 3. The topological polar surface area (TPSA) is 12.9 Å². The van der Waals surface area contributed by atoms with Gasteiger partial charge in [-0.05, 0) is 6.07 Å². The van der Waals surface area contributed by atoms with E-state index in [1.807, 2.05) is 29.6 Å². The predicted octanol–water partition coefficient (Wildman–Crippen LogP) is 2.04. The van der Waals surface area contributed by atoms with Gasteiger partial charge in [-0.1, -0.05) is 0 Å². The molecule has 0 unspecified atom stereocenters. The molecule has 1 aromatic rings. The van der Waals surface area contributed by atoms with E-state index in [0.717, 1.165) is 5.08 Å². The molecule has 0 aromatic carbocycles. The molecule has 1 nitrogen and oxygen atoms in total. The van der Waals surface area contributed by atoms with Crippen molar-refractivity contribution in [3.63, 3.8) is 0 Å². The predicted molar refractivity (Wildman–Crippen MR) is 39.7 cm³/mol. The van der Waals surface area contributed by atoms with E-state index >= 15 is 0 Å². The smallest absolute Gasteiger partial charge is 0.104 e. The van der Waals surface area contributed by atoms with Gasteiger partial charge in [0.1, 0.15) is 6.20 Å². The van der Waals surface area contributed by atoms with E-state index in [9.17, 15) is 0 Å². The molecule has 0 bridgehead atoms. The standard InChI is InChI=1S/C6H4NS2/c1-2-7-3-6-5(1)8-4-9-6/h1-2H,4H2. The van der Waals surface area contributed by atoms with Crippen molar-refractivity contribution in [2.75, 3.05) is 5.08 Å². The van der Waals surface area contributed by atoms with Crippen molar-refractivity contribution in [3.05, 3.63) is 18.5 Å². The number of fused-ring (bicyclic) bond motifs is 1. The average molecular weight is 154 g/mol. The molecule has 0 N–H and O–H groups in total. The normalized spacial score (nSPS) is 15.6. The molecule has 2 heterocycles. The van der Waals surface area contributed by atoms with Gasteiger partial charge in [0.25, 0.3) is 0 Å². The third kappa shape index (κ3) is 0.946. The van der Waals surface area contributed by atoms with Gasteiger partial charge in [-0.2, -0.15) is 0 Å². The van der Waals surface area contributed by atoms with E-state index in [0.29, 0.717) is 0 Å². The third-order valence-corrected chi connectivity index (χ3v) is 3.43. The van der Waals surface area contributed by atoms with Crippen molar-refractivity contribution >= 4 is 23.5 Å². The second-order valence-corrected chi connectivity index (χ2v) is 4.02. The lowest BCUT2D eigenvalue weighted by Gasteiger charge is -1.89. The molecule has 0 saturated heterocycles. The van der Waals surface area contributed by atoms with Crippen molar-refractivity contribution in [1.82, 2.24) is 4.98 Å². The largest absolute Gasteiger partial charge is 0.253 e. The Hall–Kier alpha value is -0.150. The van der Waals surface area contributed by atoms with Crippen LogP contribution in [0.3, 0.4) is 0 Å². The molecular weight excluding hydrogens is 150 g/mol. The summed E-state index contributed by atoms with van der Waals surface area (Å²) in [4.78, 5) is 6.44. The fourth-order valence-electron chi connectivity index (χ4n) is 0.701. The van der Waals surface area contributed by atoms with E-state index in [1.165, 1.54) is 9.79 Å². The number of rotatable bonds is 0. The minimum Gasteiger partial charge on any atom is -0.253 e. The fraction of sp³-hybridized carbons (Fsp3) is 0.167. The van der Waals surface area contributed by atoms with E-state index in [4.69, 9.17) is 0 Å². The lowest BCUT2D eigenvalue weighted by molar-refractivity contribution is 1.13. The number of aromatic nitrogens is 1. The van der Waals surface area contributed by atoms with Crippen molar-refractivity contribution in [2.45, 2.75) is 9.79 Å². The quantitative estimate of drug-likeness (QED) is 0.567. The van der Waals surface area contributed by atoms with Gasteiger partial charge >= 0.3 is 0 Å². The molecule has 0 spiro atoms. The third-order valence-electron chi connectivity index (χ3n) is 1.11. The molecule has 2 rings (SSSR count). The second kappa shape index (κ2) is 2.23. The van der Waals surface area contributed by atoms with Gasteiger partial charge in [-0.3, -0.25) is 4.98 Å². The van der Waals surface area contributed by atoms with Gasteiger partial charge in [-0.15, -0.1) is 23.5 Å². The summed E-state index contributed by atoms with van der Waals surface area (Å²) in [5.41, 5.74) is 0. The molecule has 9 heavy (non-hydrogen) atoms. The molecule has 0 saturated carbocycles. The lowest BCUT2D eigenvalue weighted by atomic mass is 10.5. The number of nitrogens with zero attached hydrogens (tertiary/aromatic N) is 1. The molecule has 0 amide bonds.